The molecular weight excluding hydrogens is 254 g/mol. The summed E-state index contributed by atoms with van der Waals surface area (Å²) in [5.74, 6) is -0.126. The van der Waals surface area contributed by atoms with Crippen LogP contribution in [0.3, 0.4) is 0 Å². The van der Waals surface area contributed by atoms with Crippen molar-refractivity contribution in [2.45, 2.75) is 32.5 Å². The highest BCUT2D eigenvalue weighted by atomic mass is 16.2. The SMILES string of the molecule is CC(=O)N[C@@H]1CN(Cc2ccccc2)C[C@H]1NC(C)=O. The quantitative estimate of drug-likeness (QED) is 0.842. The van der Waals surface area contributed by atoms with E-state index in [-0.39, 0.29) is 23.9 Å². The highest BCUT2D eigenvalue weighted by Gasteiger charge is 2.33. The number of amides is 2. The van der Waals surface area contributed by atoms with Crippen molar-refractivity contribution in [1.82, 2.24) is 15.5 Å². The largest absolute Gasteiger partial charge is 0.350 e. The van der Waals surface area contributed by atoms with Gasteiger partial charge in [-0.1, -0.05) is 30.3 Å². The highest BCUT2D eigenvalue weighted by molar-refractivity contribution is 5.75. The molecule has 0 aliphatic carbocycles. The van der Waals surface area contributed by atoms with E-state index in [1.807, 2.05) is 18.2 Å². The van der Waals surface area contributed by atoms with Crippen LogP contribution >= 0.6 is 0 Å². The molecular formula is C15H21N3O2. The number of hydrogen-bond acceptors (Lipinski definition) is 3. The van der Waals surface area contributed by atoms with Crippen molar-refractivity contribution in [3.8, 4) is 0 Å². The third-order valence-electron chi connectivity index (χ3n) is 3.42. The minimum absolute atomic E-state index is 0.0277. The lowest BCUT2D eigenvalue weighted by Gasteiger charge is -2.19. The second-order valence-corrected chi connectivity index (χ2v) is 5.29. The van der Waals surface area contributed by atoms with E-state index in [4.69, 9.17) is 0 Å². The maximum absolute atomic E-state index is 11.3. The van der Waals surface area contributed by atoms with Gasteiger partial charge in [-0.25, -0.2) is 0 Å². The van der Waals surface area contributed by atoms with E-state index in [0.717, 1.165) is 19.6 Å². The van der Waals surface area contributed by atoms with E-state index in [9.17, 15) is 9.59 Å². The number of likely N-dealkylation sites (tertiary alicyclic amines) is 1. The molecule has 0 spiro atoms. The van der Waals surface area contributed by atoms with Gasteiger partial charge in [0.1, 0.15) is 0 Å². The molecule has 2 N–H and O–H groups in total. The van der Waals surface area contributed by atoms with Crippen molar-refractivity contribution >= 4 is 11.8 Å². The van der Waals surface area contributed by atoms with Gasteiger partial charge in [0.25, 0.3) is 0 Å². The van der Waals surface area contributed by atoms with E-state index in [2.05, 4.69) is 27.7 Å². The number of hydrogen-bond donors (Lipinski definition) is 2. The zero-order valence-electron chi connectivity index (χ0n) is 11.9. The molecule has 2 rings (SSSR count). The fourth-order valence-corrected chi connectivity index (χ4v) is 2.67. The van der Waals surface area contributed by atoms with Crippen LogP contribution in [0.5, 0.6) is 0 Å². The van der Waals surface area contributed by atoms with Crippen molar-refractivity contribution in [2.24, 2.45) is 0 Å². The number of nitrogens with zero attached hydrogens (tertiary/aromatic N) is 1. The Bertz CT molecular complexity index is 451. The van der Waals surface area contributed by atoms with Crippen molar-refractivity contribution in [3.63, 3.8) is 0 Å². The number of carbonyl (C=O) groups excluding carboxylic acids is 2. The molecule has 0 bridgehead atoms. The fourth-order valence-electron chi connectivity index (χ4n) is 2.67. The van der Waals surface area contributed by atoms with E-state index >= 15 is 0 Å². The summed E-state index contributed by atoms with van der Waals surface area (Å²) in [5.41, 5.74) is 1.23. The zero-order valence-corrected chi connectivity index (χ0v) is 11.9. The fraction of sp³-hybridized carbons (Fsp3) is 0.467. The molecule has 1 heterocycles. The summed E-state index contributed by atoms with van der Waals surface area (Å²) < 4.78 is 0. The normalized spacial score (nSPS) is 22.5. The summed E-state index contributed by atoms with van der Waals surface area (Å²) in [6.07, 6.45) is 0. The number of rotatable bonds is 4. The first-order valence-corrected chi connectivity index (χ1v) is 6.85. The summed E-state index contributed by atoms with van der Waals surface area (Å²) >= 11 is 0. The van der Waals surface area contributed by atoms with E-state index in [1.54, 1.807) is 0 Å². The van der Waals surface area contributed by atoms with E-state index in [0.29, 0.717) is 0 Å². The summed E-state index contributed by atoms with van der Waals surface area (Å²) in [4.78, 5) is 24.8. The molecule has 2 atom stereocenters. The van der Waals surface area contributed by atoms with Crippen molar-refractivity contribution < 1.29 is 9.59 Å². The maximum Gasteiger partial charge on any atom is 0.217 e. The number of carbonyl (C=O) groups is 2. The molecule has 1 fully saturated rings. The molecule has 1 aromatic rings. The Labute approximate surface area is 119 Å². The predicted molar refractivity (Wildman–Crippen MR) is 76.9 cm³/mol. The Kier molecular flexibility index (Phi) is 4.74. The molecule has 1 saturated heterocycles. The predicted octanol–water partition coefficient (Wildman–Crippen LogP) is 0.512. The van der Waals surface area contributed by atoms with Crippen LogP contribution in [0.15, 0.2) is 30.3 Å². The molecule has 0 unspecified atom stereocenters. The monoisotopic (exact) mass is 275 g/mol. The van der Waals surface area contributed by atoms with E-state index < -0.39 is 0 Å². The second kappa shape index (κ2) is 6.52. The molecule has 1 aliphatic heterocycles. The van der Waals surface area contributed by atoms with Gasteiger partial charge in [0, 0.05) is 33.5 Å². The minimum atomic E-state index is -0.0630. The van der Waals surface area contributed by atoms with Gasteiger partial charge in [0.2, 0.25) is 11.8 Å². The summed E-state index contributed by atoms with van der Waals surface area (Å²) in [6.45, 7) is 5.33. The average Bonchev–Trinajstić information content (AvgIpc) is 2.70. The van der Waals surface area contributed by atoms with Crippen LogP contribution in [0.2, 0.25) is 0 Å². The lowest BCUT2D eigenvalue weighted by atomic mass is 10.1. The summed E-state index contributed by atoms with van der Waals surface area (Å²) in [5, 5.41) is 5.84. The van der Waals surface area contributed by atoms with Crippen molar-refractivity contribution in [2.75, 3.05) is 13.1 Å². The smallest absolute Gasteiger partial charge is 0.217 e. The lowest BCUT2D eigenvalue weighted by molar-refractivity contribution is -0.122. The molecule has 0 radical (unpaired) electrons. The Hall–Kier alpha value is -1.88. The minimum Gasteiger partial charge on any atom is -0.350 e. The summed E-state index contributed by atoms with van der Waals surface area (Å²) in [6, 6.07) is 10.1. The van der Waals surface area contributed by atoms with Crippen LogP contribution in [0, 0.1) is 0 Å². The Morgan fingerprint density at radius 1 is 1.05 bits per heavy atom. The molecule has 2 amide bonds. The van der Waals surface area contributed by atoms with Crippen molar-refractivity contribution in [1.29, 1.82) is 0 Å². The van der Waals surface area contributed by atoms with Gasteiger partial charge in [-0.3, -0.25) is 14.5 Å². The molecule has 0 aromatic heterocycles. The first kappa shape index (κ1) is 14.5. The van der Waals surface area contributed by atoms with Crippen LogP contribution in [-0.4, -0.2) is 41.9 Å². The molecule has 1 aliphatic rings. The van der Waals surface area contributed by atoms with Gasteiger partial charge in [0.15, 0.2) is 0 Å². The van der Waals surface area contributed by atoms with Crippen LogP contribution in [0.1, 0.15) is 19.4 Å². The molecule has 20 heavy (non-hydrogen) atoms. The van der Waals surface area contributed by atoms with E-state index in [1.165, 1.54) is 19.4 Å². The topological polar surface area (TPSA) is 61.4 Å². The Balaban J connectivity index is 1.99. The van der Waals surface area contributed by atoms with Gasteiger partial charge in [-0.05, 0) is 5.56 Å². The molecule has 5 nitrogen and oxygen atoms in total. The Morgan fingerprint density at radius 3 is 2.00 bits per heavy atom. The lowest BCUT2D eigenvalue weighted by Crippen LogP contribution is -2.49. The van der Waals surface area contributed by atoms with Crippen LogP contribution in [0.4, 0.5) is 0 Å². The maximum atomic E-state index is 11.3. The van der Waals surface area contributed by atoms with Gasteiger partial charge < -0.3 is 10.6 Å². The van der Waals surface area contributed by atoms with Crippen LogP contribution in [-0.2, 0) is 16.1 Å². The first-order valence-electron chi connectivity index (χ1n) is 6.85. The summed E-state index contributed by atoms with van der Waals surface area (Å²) in [7, 11) is 0. The number of benzene rings is 1. The van der Waals surface area contributed by atoms with Crippen LogP contribution in [0.25, 0.3) is 0 Å². The number of nitrogens with one attached hydrogen (secondary N) is 2. The zero-order chi connectivity index (χ0) is 14.5. The van der Waals surface area contributed by atoms with Gasteiger partial charge in [-0.15, -0.1) is 0 Å². The molecule has 5 heteroatoms. The van der Waals surface area contributed by atoms with Crippen LogP contribution < -0.4 is 10.6 Å². The standard InChI is InChI=1S/C15H21N3O2/c1-11(19)16-14-9-18(10-15(14)17-12(2)20)8-13-6-4-3-5-7-13/h3-7,14-15H,8-10H2,1-2H3,(H,16,19)(H,17,20)/t14-,15-/m1/s1. The molecule has 1 aromatic carbocycles. The second-order valence-electron chi connectivity index (χ2n) is 5.29. The third-order valence-corrected chi connectivity index (χ3v) is 3.42. The Morgan fingerprint density at radius 2 is 1.55 bits per heavy atom. The molecule has 0 saturated carbocycles. The van der Waals surface area contributed by atoms with Gasteiger partial charge in [0.05, 0.1) is 12.1 Å². The van der Waals surface area contributed by atoms with Crippen molar-refractivity contribution in [3.05, 3.63) is 35.9 Å². The first-order chi connectivity index (χ1) is 9.54. The third kappa shape index (κ3) is 4.06. The molecule has 108 valence electrons. The average molecular weight is 275 g/mol. The highest BCUT2D eigenvalue weighted by Crippen LogP contribution is 2.14. The van der Waals surface area contributed by atoms with Gasteiger partial charge >= 0.3 is 0 Å². The van der Waals surface area contributed by atoms with Gasteiger partial charge in [-0.2, -0.15) is 0 Å².